The standard InChI is InChI=1S/C22H26N2O4/c1-5-14-27-19-10-8-18(9-11-19)22(26)24-23-21(25)16(4)28-20-12-6-17(7-13-20)15(2)3/h5-13,15-16H,1,14H2,2-4H3,(H,23,25)(H,24,26). The second-order valence-corrected chi connectivity index (χ2v) is 6.55. The highest BCUT2D eigenvalue weighted by Crippen LogP contribution is 2.19. The Hall–Kier alpha value is -3.28. The van der Waals surface area contributed by atoms with Crippen LogP contribution in [0, 0.1) is 0 Å². The third-order valence-corrected chi connectivity index (χ3v) is 4.01. The van der Waals surface area contributed by atoms with Crippen molar-refractivity contribution in [2.75, 3.05) is 6.61 Å². The van der Waals surface area contributed by atoms with E-state index in [-0.39, 0.29) is 0 Å². The fourth-order valence-corrected chi connectivity index (χ4v) is 2.34. The Bertz CT molecular complexity index is 798. The maximum absolute atomic E-state index is 12.2. The van der Waals surface area contributed by atoms with E-state index < -0.39 is 17.9 Å². The summed E-state index contributed by atoms with van der Waals surface area (Å²) in [5.41, 5.74) is 6.33. The van der Waals surface area contributed by atoms with Gasteiger partial charge in [-0.1, -0.05) is 38.6 Å². The minimum Gasteiger partial charge on any atom is -0.490 e. The SMILES string of the molecule is C=CCOc1ccc(C(=O)NNC(=O)C(C)Oc2ccc(C(C)C)cc2)cc1. The van der Waals surface area contributed by atoms with Crippen LogP contribution in [0.1, 0.15) is 42.6 Å². The highest BCUT2D eigenvalue weighted by molar-refractivity contribution is 5.95. The maximum Gasteiger partial charge on any atom is 0.279 e. The van der Waals surface area contributed by atoms with Gasteiger partial charge in [-0.3, -0.25) is 20.4 Å². The predicted octanol–water partition coefficient (Wildman–Crippen LogP) is 3.60. The third kappa shape index (κ3) is 6.16. The number of ether oxygens (including phenoxy) is 2. The van der Waals surface area contributed by atoms with Crippen molar-refractivity contribution in [2.45, 2.75) is 32.8 Å². The topological polar surface area (TPSA) is 76.7 Å². The number of amides is 2. The summed E-state index contributed by atoms with van der Waals surface area (Å²) in [6.07, 6.45) is 0.873. The van der Waals surface area contributed by atoms with Crippen LogP contribution in [0.15, 0.2) is 61.2 Å². The van der Waals surface area contributed by atoms with Crippen LogP contribution in [-0.4, -0.2) is 24.5 Å². The average Bonchev–Trinajstić information content (AvgIpc) is 2.70. The van der Waals surface area contributed by atoms with Crippen molar-refractivity contribution < 1.29 is 19.1 Å². The summed E-state index contributed by atoms with van der Waals surface area (Å²) < 4.78 is 11.0. The molecule has 1 atom stereocenters. The molecular formula is C22H26N2O4. The number of hydrogen-bond donors (Lipinski definition) is 2. The Morgan fingerprint density at radius 3 is 2.14 bits per heavy atom. The van der Waals surface area contributed by atoms with Gasteiger partial charge in [0.05, 0.1) is 0 Å². The molecule has 2 aromatic carbocycles. The summed E-state index contributed by atoms with van der Waals surface area (Å²) in [7, 11) is 0. The second kappa shape index (κ2) is 10.2. The smallest absolute Gasteiger partial charge is 0.279 e. The summed E-state index contributed by atoms with van der Waals surface area (Å²) >= 11 is 0. The van der Waals surface area contributed by atoms with Crippen molar-refractivity contribution in [1.82, 2.24) is 10.9 Å². The van der Waals surface area contributed by atoms with Crippen molar-refractivity contribution in [2.24, 2.45) is 0 Å². The first-order valence-corrected chi connectivity index (χ1v) is 9.11. The Labute approximate surface area is 165 Å². The molecular weight excluding hydrogens is 356 g/mol. The molecule has 0 fully saturated rings. The molecule has 28 heavy (non-hydrogen) atoms. The van der Waals surface area contributed by atoms with Gasteiger partial charge in [-0.2, -0.15) is 0 Å². The van der Waals surface area contributed by atoms with Crippen LogP contribution in [0.2, 0.25) is 0 Å². The molecule has 0 bridgehead atoms. The van der Waals surface area contributed by atoms with E-state index in [1.54, 1.807) is 37.3 Å². The third-order valence-electron chi connectivity index (χ3n) is 4.01. The molecule has 0 aliphatic carbocycles. The zero-order chi connectivity index (χ0) is 20.5. The zero-order valence-corrected chi connectivity index (χ0v) is 16.4. The lowest BCUT2D eigenvalue weighted by atomic mass is 10.0. The first kappa shape index (κ1) is 21.0. The molecule has 2 amide bonds. The molecule has 0 aliphatic heterocycles. The lowest BCUT2D eigenvalue weighted by Crippen LogP contribution is -2.47. The van der Waals surface area contributed by atoms with Crippen molar-refractivity contribution >= 4 is 11.8 Å². The molecule has 2 N–H and O–H groups in total. The van der Waals surface area contributed by atoms with Crippen LogP contribution in [-0.2, 0) is 4.79 Å². The first-order valence-electron chi connectivity index (χ1n) is 9.11. The fraction of sp³-hybridized carbons (Fsp3) is 0.273. The molecule has 6 heteroatoms. The monoisotopic (exact) mass is 382 g/mol. The Morgan fingerprint density at radius 2 is 1.57 bits per heavy atom. The van der Waals surface area contributed by atoms with E-state index in [9.17, 15) is 9.59 Å². The number of hydrazine groups is 1. The molecule has 0 spiro atoms. The van der Waals surface area contributed by atoms with E-state index in [0.717, 1.165) is 0 Å². The van der Waals surface area contributed by atoms with E-state index in [1.165, 1.54) is 5.56 Å². The molecule has 0 saturated carbocycles. The van der Waals surface area contributed by atoms with Crippen LogP contribution in [0.25, 0.3) is 0 Å². The van der Waals surface area contributed by atoms with E-state index in [0.29, 0.717) is 29.6 Å². The Balaban J connectivity index is 1.83. The molecule has 1 unspecified atom stereocenters. The van der Waals surface area contributed by atoms with Gasteiger partial charge in [-0.15, -0.1) is 0 Å². The van der Waals surface area contributed by atoms with Gasteiger partial charge in [0.1, 0.15) is 18.1 Å². The quantitative estimate of drug-likeness (QED) is 0.540. The average molecular weight is 382 g/mol. The number of rotatable bonds is 8. The summed E-state index contributed by atoms with van der Waals surface area (Å²) in [6, 6.07) is 14.1. The van der Waals surface area contributed by atoms with Crippen LogP contribution in [0.5, 0.6) is 11.5 Å². The van der Waals surface area contributed by atoms with Crippen molar-refractivity contribution in [1.29, 1.82) is 0 Å². The largest absolute Gasteiger partial charge is 0.490 e. The molecule has 0 saturated heterocycles. The van der Waals surface area contributed by atoms with Crippen molar-refractivity contribution in [3.8, 4) is 11.5 Å². The van der Waals surface area contributed by atoms with Crippen molar-refractivity contribution in [3.63, 3.8) is 0 Å². The summed E-state index contributed by atoms with van der Waals surface area (Å²) in [6.45, 7) is 9.79. The van der Waals surface area contributed by atoms with Gasteiger partial charge in [0.25, 0.3) is 11.8 Å². The van der Waals surface area contributed by atoms with E-state index in [4.69, 9.17) is 9.47 Å². The van der Waals surface area contributed by atoms with Crippen LogP contribution in [0.4, 0.5) is 0 Å². The predicted molar refractivity (Wildman–Crippen MR) is 108 cm³/mol. The Morgan fingerprint density at radius 1 is 0.964 bits per heavy atom. The van der Waals surface area contributed by atoms with Gasteiger partial charge in [0, 0.05) is 5.56 Å². The van der Waals surface area contributed by atoms with E-state index in [2.05, 4.69) is 31.3 Å². The molecule has 2 aromatic rings. The molecule has 0 aliphatic rings. The lowest BCUT2D eigenvalue weighted by molar-refractivity contribution is -0.128. The van der Waals surface area contributed by atoms with E-state index in [1.807, 2.05) is 24.3 Å². The number of carbonyl (C=O) groups excluding carboxylic acids is 2. The maximum atomic E-state index is 12.2. The minimum atomic E-state index is -0.764. The van der Waals surface area contributed by atoms with Crippen LogP contribution < -0.4 is 20.3 Å². The van der Waals surface area contributed by atoms with Gasteiger partial charge in [-0.25, -0.2) is 0 Å². The molecule has 148 valence electrons. The van der Waals surface area contributed by atoms with E-state index >= 15 is 0 Å². The van der Waals surface area contributed by atoms with Gasteiger partial charge in [0.2, 0.25) is 0 Å². The molecule has 6 nitrogen and oxygen atoms in total. The second-order valence-electron chi connectivity index (χ2n) is 6.55. The van der Waals surface area contributed by atoms with Crippen LogP contribution in [0.3, 0.4) is 0 Å². The highest BCUT2D eigenvalue weighted by atomic mass is 16.5. The number of carbonyl (C=O) groups is 2. The Kier molecular flexibility index (Phi) is 7.63. The molecule has 0 radical (unpaired) electrons. The van der Waals surface area contributed by atoms with Gasteiger partial charge in [-0.05, 0) is 54.8 Å². The zero-order valence-electron chi connectivity index (χ0n) is 16.4. The number of hydrogen-bond acceptors (Lipinski definition) is 4. The van der Waals surface area contributed by atoms with Gasteiger partial charge >= 0.3 is 0 Å². The molecule has 2 rings (SSSR count). The van der Waals surface area contributed by atoms with Crippen molar-refractivity contribution in [3.05, 3.63) is 72.3 Å². The highest BCUT2D eigenvalue weighted by Gasteiger charge is 2.16. The lowest BCUT2D eigenvalue weighted by Gasteiger charge is -2.16. The fourth-order valence-electron chi connectivity index (χ4n) is 2.34. The summed E-state index contributed by atoms with van der Waals surface area (Å²) in [5, 5.41) is 0. The molecule has 0 heterocycles. The normalized spacial score (nSPS) is 11.4. The number of nitrogens with one attached hydrogen (secondary N) is 2. The van der Waals surface area contributed by atoms with Gasteiger partial charge in [0.15, 0.2) is 6.10 Å². The summed E-state index contributed by atoms with van der Waals surface area (Å²) in [4.78, 5) is 24.3. The molecule has 0 aromatic heterocycles. The van der Waals surface area contributed by atoms with Gasteiger partial charge < -0.3 is 9.47 Å². The summed E-state index contributed by atoms with van der Waals surface area (Å²) in [5.74, 6) is 0.761. The van der Waals surface area contributed by atoms with Crippen LogP contribution >= 0.6 is 0 Å². The minimum absolute atomic E-state index is 0.389. The first-order chi connectivity index (χ1) is 13.4. The number of benzene rings is 2.